The lowest BCUT2D eigenvalue weighted by Crippen LogP contribution is -2.57. The number of primary amides is 1. The highest BCUT2D eigenvalue weighted by molar-refractivity contribution is 6.09. The zero-order valence-corrected chi connectivity index (χ0v) is 21.1. The summed E-state index contributed by atoms with van der Waals surface area (Å²) in [4.78, 5) is 45.3. The molecule has 1 spiro atoms. The van der Waals surface area contributed by atoms with Crippen molar-refractivity contribution in [2.24, 2.45) is 5.73 Å². The highest BCUT2D eigenvalue weighted by atomic mass is 16.2. The number of benzene rings is 2. The number of rotatable bonds is 9. The van der Waals surface area contributed by atoms with Crippen molar-refractivity contribution < 1.29 is 14.4 Å². The molecule has 4 rings (SSSR count). The van der Waals surface area contributed by atoms with E-state index in [0.29, 0.717) is 38.9 Å². The molecule has 2 fully saturated rings. The van der Waals surface area contributed by atoms with Gasteiger partial charge in [-0.3, -0.25) is 19.4 Å². The first-order valence-corrected chi connectivity index (χ1v) is 12.4. The average Bonchev–Trinajstić information content (AvgIpc) is 3.05. The van der Waals surface area contributed by atoms with Crippen molar-refractivity contribution in [3.8, 4) is 0 Å². The zero-order chi connectivity index (χ0) is 25.7. The standard InChI is InChI=1S/C28H35N5O3/c1-30(2)24-12-10-23(11-13-24)9-6-17-31-19-15-28(16-20-31)26(35)32(21-25(29)34)27(36)33(28)18-14-22-7-4-3-5-8-22/h3-13H,14-21H2,1-2H3,(H2,29,34). The third-order valence-corrected chi connectivity index (χ3v) is 7.17. The van der Waals surface area contributed by atoms with Crippen molar-refractivity contribution in [1.82, 2.24) is 14.7 Å². The number of urea groups is 1. The lowest BCUT2D eigenvalue weighted by molar-refractivity contribution is -0.137. The number of imide groups is 1. The summed E-state index contributed by atoms with van der Waals surface area (Å²) in [5.41, 5.74) is 7.84. The molecule has 190 valence electrons. The van der Waals surface area contributed by atoms with Crippen molar-refractivity contribution >= 4 is 29.6 Å². The fourth-order valence-electron chi connectivity index (χ4n) is 5.08. The van der Waals surface area contributed by atoms with Crippen LogP contribution < -0.4 is 10.6 Å². The van der Waals surface area contributed by atoms with E-state index in [1.807, 2.05) is 44.4 Å². The predicted molar refractivity (Wildman–Crippen MR) is 141 cm³/mol. The van der Waals surface area contributed by atoms with E-state index in [-0.39, 0.29) is 12.5 Å². The molecule has 0 aliphatic carbocycles. The lowest BCUT2D eigenvalue weighted by Gasteiger charge is -2.42. The summed E-state index contributed by atoms with van der Waals surface area (Å²) in [6, 6.07) is 17.9. The molecule has 2 aromatic rings. The molecule has 2 heterocycles. The maximum Gasteiger partial charge on any atom is 0.328 e. The van der Waals surface area contributed by atoms with E-state index in [1.54, 1.807) is 4.90 Å². The van der Waals surface area contributed by atoms with Gasteiger partial charge >= 0.3 is 6.03 Å². The van der Waals surface area contributed by atoms with E-state index in [2.05, 4.69) is 46.2 Å². The summed E-state index contributed by atoms with van der Waals surface area (Å²) in [6.07, 6.45) is 5.96. The Bertz CT molecular complexity index is 1110. The van der Waals surface area contributed by atoms with Crippen LogP contribution in [0.5, 0.6) is 0 Å². The predicted octanol–water partition coefficient (Wildman–Crippen LogP) is 2.59. The summed E-state index contributed by atoms with van der Waals surface area (Å²) in [5.74, 6) is -0.978. The van der Waals surface area contributed by atoms with Gasteiger partial charge < -0.3 is 15.5 Å². The number of amides is 4. The number of likely N-dealkylation sites (tertiary alicyclic amines) is 1. The third-order valence-electron chi connectivity index (χ3n) is 7.17. The van der Waals surface area contributed by atoms with Gasteiger partial charge in [0.05, 0.1) is 0 Å². The maximum atomic E-state index is 13.5. The lowest BCUT2D eigenvalue weighted by atomic mass is 9.85. The van der Waals surface area contributed by atoms with Gasteiger partial charge in [0.15, 0.2) is 0 Å². The highest BCUT2D eigenvalue weighted by Crippen LogP contribution is 2.37. The highest BCUT2D eigenvalue weighted by Gasteiger charge is 2.57. The smallest absolute Gasteiger partial charge is 0.328 e. The number of hydrogen-bond donors (Lipinski definition) is 1. The number of nitrogens with zero attached hydrogens (tertiary/aromatic N) is 4. The minimum absolute atomic E-state index is 0.296. The molecule has 2 N–H and O–H groups in total. The van der Waals surface area contributed by atoms with Gasteiger partial charge in [0.25, 0.3) is 5.91 Å². The van der Waals surface area contributed by atoms with Crippen LogP contribution in [0.25, 0.3) is 6.08 Å². The molecule has 0 bridgehead atoms. The van der Waals surface area contributed by atoms with Gasteiger partial charge in [-0.15, -0.1) is 0 Å². The molecule has 0 saturated carbocycles. The molecule has 4 amide bonds. The molecule has 8 nitrogen and oxygen atoms in total. The second-order valence-corrected chi connectivity index (χ2v) is 9.75. The van der Waals surface area contributed by atoms with Crippen molar-refractivity contribution in [3.05, 3.63) is 71.8 Å². The molecule has 36 heavy (non-hydrogen) atoms. The van der Waals surface area contributed by atoms with Gasteiger partial charge in [-0.1, -0.05) is 54.6 Å². The molecule has 0 aromatic heterocycles. The Morgan fingerprint density at radius 2 is 1.69 bits per heavy atom. The summed E-state index contributed by atoms with van der Waals surface area (Å²) >= 11 is 0. The largest absolute Gasteiger partial charge is 0.378 e. The first kappa shape index (κ1) is 25.4. The van der Waals surface area contributed by atoms with E-state index in [1.165, 1.54) is 0 Å². The molecule has 0 radical (unpaired) electrons. The number of carbonyl (C=O) groups is 3. The van der Waals surface area contributed by atoms with Crippen LogP contribution in [0.2, 0.25) is 0 Å². The number of anilines is 1. The summed E-state index contributed by atoms with van der Waals surface area (Å²) in [6.45, 7) is 2.19. The van der Waals surface area contributed by atoms with Crippen LogP contribution in [0.3, 0.4) is 0 Å². The number of piperidine rings is 1. The van der Waals surface area contributed by atoms with Crippen molar-refractivity contribution in [2.45, 2.75) is 24.8 Å². The molecule has 2 aromatic carbocycles. The Balaban J connectivity index is 1.41. The Morgan fingerprint density at radius 1 is 1.03 bits per heavy atom. The van der Waals surface area contributed by atoms with Crippen LogP contribution >= 0.6 is 0 Å². The summed E-state index contributed by atoms with van der Waals surface area (Å²) in [5, 5.41) is 0. The monoisotopic (exact) mass is 489 g/mol. The van der Waals surface area contributed by atoms with Gasteiger partial charge in [-0.25, -0.2) is 4.79 Å². The molecule has 2 aliphatic rings. The molecular formula is C28H35N5O3. The van der Waals surface area contributed by atoms with Crippen LogP contribution in [0.1, 0.15) is 24.0 Å². The van der Waals surface area contributed by atoms with Gasteiger partial charge in [-0.05, 0) is 42.5 Å². The SMILES string of the molecule is CN(C)c1ccc(C=CCN2CCC3(CC2)C(=O)N(CC(N)=O)C(=O)N3CCc2ccccc2)cc1. The Labute approximate surface area is 212 Å². The minimum atomic E-state index is -0.913. The van der Waals surface area contributed by atoms with E-state index in [0.717, 1.165) is 28.3 Å². The summed E-state index contributed by atoms with van der Waals surface area (Å²) < 4.78 is 0. The third kappa shape index (κ3) is 5.44. The van der Waals surface area contributed by atoms with Crippen LogP contribution in [0.4, 0.5) is 10.5 Å². The Morgan fingerprint density at radius 3 is 2.31 bits per heavy atom. The van der Waals surface area contributed by atoms with Crippen molar-refractivity contribution in [3.63, 3.8) is 0 Å². The second-order valence-electron chi connectivity index (χ2n) is 9.75. The van der Waals surface area contributed by atoms with E-state index >= 15 is 0 Å². The Hall–Kier alpha value is -3.65. The molecule has 8 heteroatoms. The molecule has 0 atom stereocenters. The van der Waals surface area contributed by atoms with E-state index in [4.69, 9.17) is 5.73 Å². The van der Waals surface area contributed by atoms with Crippen LogP contribution in [-0.2, 0) is 16.0 Å². The van der Waals surface area contributed by atoms with Gasteiger partial charge in [0.1, 0.15) is 12.1 Å². The van der Waals surface area contributed by atoms with E-state index < -0.39 is 17.5 Å². The van der Waals surface area contributed by atoms with Crippen LogP contribution in [-0.4, -0.2) is 84.9 Å². The maximum absolute atomic E-state index is 13.5. The van der Waals surface area contributed by atoms with Gasteiger partial charge in [-0.2, -0.15) is 0 Å². The Kier molecular flexibility index (Phi) is 7.74. The number of carbonyl (C=O) groups excluding carboxylic acids is 3. The molecule has 0 unspecified atom stereocenters. The van der Waals surface area contributed by atoms with E-state index in [9.17, 15) is 14.4 Å². The van der Waals surface area contributed by atoms with Gasteiger partial charge in [0.2, 0.25) is 5.91 Å². The molecule has 2 saturated heterocycles. The topological polar surface area (TPSA) is 90.2 Å². The first-order valence-electron chi connectivity index (χ1n) is 12.4. The quantitative estimate of drug-likeness (QED) is 0.547. The van der Waals surface area contributed by atoms with Crippen LogP contribution in [0, 0.1) is 0 Å². The second kappa shape index (κ2) is 11.0. The molecule has 2 aliphatic heterocycles. The number of nitrogens with two attached hydrogens (primary N) is 1. The van der Waals surface area contributed by atoms with Crippen molar-refractivity contribution in [1.29, 1.82) is 0 Å². The normalized spacial score (nSPS) is 17.9. The number of hydrogen-bond acceptors (Lipinski definition) is 5. The fourth-order valence-corrected chi connectivity index (χ4v) is 5.08. The summed E-state index contributed by atoms with van der Waals surface area (Å²) in [7, 11) is 4.04. The fraction of sp³-hybridized carbons (Fsp3) is 0.393. The average molecular weight is 490 g/mol. The zero-order valence-electron chi connectivity index (χ0n) is 21.1. The van der Waals surface area contributed by atoms with Gasteiger partial charge in [0, 0.05) is 46.0 Å². The van der Waals surface area contributed by atoms with Crippen molar-refractivity contribution in [2.75, 3.05) is 51.7 Å². The minimum Gasteiger partial charge on any atom is -0.378 e. The van der Waals surface area contributed by atoms with Crippen LogP contribution in [0.15, 0.2) is 60.7 Å². The molecular weight excluding hydrogens is 454 g/mol. The first-order chi connectivity index (χ1) is 17.3.